The molecule has 0 aromatic rings. The molecule has 0 spiro atoms. The van der Waals surface area contributed by atoms with E-state index in [1.807, 2.05) is 0 Å². The minimum absolute atomic E-state index is 0.0779. The van der Waals surface area contributed by atoms with Gasteiger partial charge in [0.25, 0.3) is 0 Å². The lowest BCUT2D eigenvalue weighted by molar-refractivity contribution is -0.137. The number of rotatable bonds is 6. The molecule has 0 radical (unpaired) electrons. The maximum atomic E-state index is 12.0. The van der Waals surface area contributed by atoms with Gasteiger partial charge in [0, 0.05) is 24.7 Å². The van der Waals surface area contributed by atoms with Crippen molar-refractivity contribution in [3.8, 4) is 0 Å². The lowest BCUT2D eigenvalue weighted by atomic mass is 10.2. The largest absolute Gasteiger partial charge is 0.390 e. The zero-order chi connectivity index (χ0) is 12.4. The standard InChI is InChI=1S/C11H21F3N2/c1-9(2)15-10(4-5-10)8-16(3)7-6-11(12,13)14/h9,15H,4-8H2,1-3H3. The van der Waals surface area contributed by atoms with Crippen molar-refractivity contribution in [2.24, 2.45) is 0 Å². The van der Waals surface area contributed by atoms with Gasteiger partial charge in [-0.2, -0.15) is 13.2 Å². The second-order valence-electron chi connectivity index (χ2n) is 5.18. The fraction of sp³-hybridized carbons (Fsp3) is 1.00. The molecule has 0 aromatic heterocycles. The molecular weight excluding hydrogens is 217 g/mol. The van der Waals surface area contributed by atoms with Crippen LogP contribution in [-0.4, -0.2) is 42.8 Å². The van der Waals surface area contributed by atoms with Crippen LogP contribution >= 0.6 is 0 Å². The Labute approximate surface area is 95.2 Å². The molecule has 0 bridgehead atoms. The monoisotopic (exact) mass is 238 g/mol. The minimum Gasteiger partial charge on any atom is -0.308 e. The van der Waals surface area contributed by atoms with Gasteiger partial charge < -0.3 is 10.2 Å². The predicted octanol–water partition coefficient (Wildman–Crippen LogP) is 2.40. The van der Waals surface area contributed by atoms with Crippen LogP contribution in [0.3, 0.4) is 0 Å². The summed E-state index contributed by atoms with van der Waals surface area (Å²) in [6, 6.07) is 0.388. The van der Waals surface area contributed by atoms with Crippen molar-refractivity contribution in [3.05, 3.63) is 0 Å². The number of nitrogens with one attached hydrogen (secondary N) is 1. The first-order valence-electron chi connectivity index (χ1n) is 5.75. The number of hydrogen-bond acceptors (Lipinski definition) is 2. The minimum atomic E-state index is -4.05. The number of alkyl halides is 3. The molecule has 96 valence electrons. The summed E-state index contributed by atoms with van der Waals surface area (Å²) in [5.41, 5.74) is 0.0779. The molecule has 1 aliphatic carbocycles. The second kappa shape index (κ2) is 4.92. The van der Waals surface area contributed by atoms with Gasteiger partial charge in [0.05, 0.1) is 6.42 Å². The highest BCUT2D eigenvalue weighted by Gasteiger charge is 2.43. The van der Waals surface area contributed by atoms with Crippen molar-refractivity contribution < 1.29 is 13.2 Å². The number of hydrogen-bond donors (Lipinski definition) is 1. The summed E-state index contributed by atoms with van der Waals surface area (Å²) < 4.78 is 36.1. The summed E-state index contributed by atoms with van der Waals surface area (Å²) in [5.74, 6) is 0. The number of halogens is 3. The van der Waals surface area contributed by atoms with Gasteiger partial charge in [-0.15, -0.1) is 0 Å². The lowest BCUT2D eigenvalue weighted by Crippen LogP contribution is -2.45. The van der Waals surface area contributed by atoms with Gasteiger partial charge in [0.1, 0.15) is 0 Å². The maximum Gasteiger partial charge on any atom is 0.390 e. The Kier molecular flexibility index (Phi) is 4.23. The van der Waals surface area contributed by atoms with E-state index in [2.05, 4.69) is 19.2 Å². The van der Waals surface area contributed by atoms with E-state index in [1.54, 1.807) is 11.9 Å². The summed E-state index contributed by atoms with van der Waals surface area (Å²) in [4.78, 5) is 1.77. The van der Waals surface area contributed by atoms with Crippen LogP contribution in [0.15, 0.2) is 0 Å². The third kappa shape index (κ3) is 5.16. The van der Waals surface area contributed by atoms with Crippen LogP contribution in [0.4, 0.5) is 13.2 Å². The van der Waals surface area contributed by atoms with Crippen LogP contribution in [0.1, 0.15) is 33.1 Å². The molecule has 0 saturated heterocycles. The molecule has 2 nitrogen and oxygen atoms in total. The van der Waals surface area contributed by atoms with E-state index in [0.717, 1.165) is 12.8 Å². The summed E-state index contributed by atoms with van der Waals surface area (Å²) in [6.07, 6.45) is -2.62. The fourth-order valence-corrected chi connectivity index (χ4v) is 2.02. The van der Waals surface area contributed by atoms with Gasteiger partial charge in [0.15, 0.2) is 0 Å². The van der Waals surface area contributed by atoms with Gasteiger partial charge in [-0.3, -0.25) is 0 Å². The molecule has 1 saturated carbocycles. The fourth-order valence-electron chi connectivity index (χ4n) is 2.02. The highest BCUT2D eigenvalue weighted by atomic mass is 19.4. The summed E-state index contributed by atoms with van der Waals surface area (Å²) >= 11 is 0. The Balaban J connectivity index is 2.26. The molecule has 0 atom stereocenters. The molecule has 16 heavy (non-hydrogen) atoms. The molecule has 1 fully saturated rings. The Bertz CT molecular complexity index is 222. The van der Waals surface area contributed by atoms with Crippen molar-refractivity contribution in [2.75, 3.05) is 20.1 Å². The quantitative estimate of drug-likeness (QED) is 0.764. The second-order valence-corrected chi connectivity index (χ2v) is 5.18. The van der Waals surface area contributed by atoms with Crippen molar-refractivity contribution in [2.45, 2.75) is 50.9 Å². The molecule has 1 aliphatic rings. The molecule has 0 aliphatic heterocycles. The van der Waals surface area contributed by atoms with Crippen molar-refractivity contribution in [1.82, 2.24) is 10.2 Å². The van der Waals surface area contributed by atoms with Crippen LogP contribution < -0.4 is 5.32 Å². The van der Waals surface area contributed by atoms with Crippen molar-refractivity contribution in [3.63, 3.8) is 0 Å². The maximum absolute atomic E-state index is 12.0. The summed E-state index contributed by atoms with van der Waals surface area (Å²) in [7, 11) is 1.76. The number of likely N-dealkylation sites (N-methyl/N-ethyl adjacent to an activating group) is 1. The Hall–Kier alpha value is -0.290. The summed E-state index contributed by atoms with van der Waals surface area (Å²) in [5, 5.41) is 3.44. The molecule has 0 heterocycles. The zero-order valence-corrected chi connectivity index (χ0v) is 10.2. The zero-order valence-electron chi connectivity index (χ0n) is 10.2. The van der Waals surface area contributed by atoms with E-state index in [-0.39, 0.29) is 12.1 Å². The molecule has 1 N–H and O–H groups in total. The topological polar surface area (TPSA) is 15.3 Å². The molecular formula is C11H21F3N2. The van der Waals surface area contributed by atoms with Crippen LogP contribution in [0, 0.1) is 0 Å². The SMILES string of the molecule is CC(C)NC1(CN(C)CCC(F)(F)F)CC1. The highest BCUT2D eigenvalue weighted by molar-refractivity contribution is 5.04. The average molecular weight is 238 g/mol. The third-order valence-corrected chi connectivity index (χ3v) is 2.80. The molecule has 0 aromatic carbocycles. The Morgan fingerprint density at radius 3 is 2.25 bits per heavy atom. The van der Waals surface area contributed by atoms with Gasteiger partial charge in [-0.25, -0.2) is 0 Å². The lowest BCUT2D eigenvalue weighted by Gasteiger charge is -2.26. The molecule has 0 unspecified atom stereocenters. The summed E-state index contributed by atoms with van der Waals surface area (Å²) in [6.45, 7) is 4.93. The predicted molar refractivity (Wildman–Crippen MR) is 58.4 cm³/mol. The van der Waals surface area contributed by atoms with Crippen LogP contribution in [0.5, 0.6) is 0 Å². The first-order chi connectivity index (χ1) is 7.22. The van der Waals surface area contributed by atoms with Crippen molar-refractivity contribution in [1.29, 1.82) is 0 Å². The molecule has 0 amide bonds. The van der Waals surface area contributed by atoms with Crippen LogP contribution in [-0.2, 0) is 0 Å². The molecule has 1 rings (SSSR count). The van der Waals surface area contributed by atoms with Gasteiger partial charge >= 0.3 is 6.18 Å². The van der Waals surface area contributed by atoms with Crippen molar-refractivity contribution >= 4 is 0 Å². The van der Waals surface area contributed by atoms with E-state index in [1.165, 1.54) is 0 Å². The van der Waals surface area contributed by atoms with E-state index in [0.29, 0.717) is 12.6 Å². The number of nitrogens with zero attached hydrogens (tertiary/aromatic N) is 1. The van der Waals surface area contributed by atoms with Crippen LogP contribution in [0.25, 0.3) is 0 Å². The Morgan fingerprint density at radius 2 is 1.88 bits per heavy atom. The van der Waals surface area contributed by atoms with Crippen LogP contribution in [0.2, 0.25) is 0 Å². The van der Waals surface area contributed by atoms with E-state index >= 15 is 0 Å². The van der Waals surface area contributed by atoms with E-state index in [4.69, 9.17) is 0 Å². The Morgan fingerprint density at radius 1 is 1.31 bits per heavy atom. The first kappa shape index (κ1) is 13.8. The van der Waals surface area contributed by atoms with E-state index in [9.17, 15) is 13.2 Å². The molecule has 5 heteroatoms. The normalized spacial score (nSPS) is 19.5. The highest BCUT2D eigenvalue weighted by Crippen LogP contribution is 2.36. The smallest absolute Gasteiger partial charge is 0.308 e. The van der Waals surface area contributed by atoms with Gasteiger partial charge in [-0.1, -0.05) is 13.8 Å². The first-order valence-corrected chi connectivity index (χ1v) is 5.75. The van der Waals surface area contributed by atoms with Gasteiger partial charge in [0.2, 0.25) is 0 Å². The average Bonchev–Trinajstić information content (AvgIpc) is 2.79. The van der Waals surface area contributed by atoms with E-state index < -0.39 is 12.6 Å². The van der Waals surface area contributed by atoms with Gasteiger partial charge in [-0.05, 0) is 19.9 Å². The third-order valence-electron chi connectivity index (χ3n) is 2.80.